The topological polar surface area (TPSA) is 55.4 Å². The van der Waals surface area contributed by atoms with E-state index in [0.29, 0.717) is 13.0 Å². The highest BCUT2D eigenvalue weighted by atomic mass is 32.2. The Labute approximate surface area is 130 Å². The molecule has 0 aliphatic rings. The number of ether oxygens (including phenoxy) is 1. The number of rotatable bonds is 8. The summed E-state index contributed by atoms with van der Waals surface area (Å²) >= 11 is 1.33. The van der Waals surface area contributed by atoms with E-state index in [4.69, 9.17) is 4.74 Å². The van der Waals surface area contributed by atoms with Gasteiger partial charge in [0.1, 0.15) is 5.25 Å². The summed E-state index contributed by atoms with van der Waals surface area (Å²) in [4.78, 5) is 23.7. The van der Waals surface area contributed by atoms with E-state index in [-0.39, 0.29) is 22.9 Å². The molecule has 0 fully saturated rings. The van der Waals surface area contributed by atoms with E-state index in [1.807, 2.05) is 45.0 Å². The number of carbonyl (C=O) groups excluding carboxylic acids is 2. The van der Waals surface area contributed by atoms with Crippen LogP contribution in [0.2, 0.25) is 0 Å². The molecule has 1 unspecified atom stereocenters. The molecule has 0 bridgehead atoms. The summed E-state index contributed by atoms with van der Waals surface area (Å²) < 4.78 is 5.12. The molecule has 0 aliphatic carbocycles. The van der Waals surface area contributed by atoms with Crippen LogP contribution in [0, 0.1) is 6.92 Å². The molecule has 1 rings (SSSR count). The summed E-state index contributed by atoms with van der Waals surface area (Å²) in [6.07, 6.45) is 1.46. The molecule has 116 valence electrons. The highest BCUT2D eigenvalue weighted by molar-refractivity contribution is 8.01. The standard InChI is InChI=1S/C16H23NO3S/c1-4-9-20-16(19)14(5-2)21-11-15(18)17-13-8-6-7-12(3)10-13/h6-8,10,14H,4-5,9,11H2,1-3H3,(H,17,18). The van der Waals surface area contributed by atoms with E-state index >= 15 is 0 Å². The van der Waals surface area contributed by atoms with Crippen molar-refractivity contribution in [3.63, 3.8) is 0 Å². The molecule has 0 saturated carbocycles. The number of benzene rings is 1. The third-order valence-electron chi connectivity index (χ3n) is 2.80. The smallest absolute Gasteiger partial charge is 0.319 e. The lowest BCUT2D eigenvalue weighted by Crippen LogP contribution is -2.23. The SMILES string of the molecule is CCCOC(=O)C(CC)SCC(=O)Nc1cccc(C)c1. The predicted molar refractivity (Wildman–Crippen MR) is 87.6 cm³/mol. The van der Waals surface area contributed by atoms with E-state index in [1.54, 1.807) is 0 Å². The number of anilines is 1. The summed E-state index contributed by atoms with van der Waals surface area (Å²) in [5.41, 5.74) is 1.87. The van der Waals surface area contributed by atoms with Crippen molar-refractivity contribution in [3.05, 3.63) is 29.8 Å². The van der Waals surface area contributed by atoms with Gasteiger partial charge in [-0.05, 0) is 37.5 Å². The lowest BCUT2D eigenvalue weighted by molar-refractivity contribution is -0.143. The van der Waals surface area contributed by atoms with Crippen molar-refractivity contribution in [2.75, 3.05) is 17.7 Å². The molecule has 21 heavy (non-hydrogen) atoms. The second kappa shape index (κ2) is 9.45. The van der Waals surface area contributed by atoms with Crippen LogP contribution in [0.15, 0.2) is 24.3 Å². The normalized spacial score (nSPS) is 11.8. The van der Waals surface area contributed by atoms with Gasteiger partial charge in [-0.2, -0.15) is 0 Å². The molecule has 0 spiro atoms. The van der Waals surface area contributed by atoms with Crippen LogP contribution in [0.1, 0.15) is 32.3 Å². The molecule has 0 aromatic heterocycles. The fourth-order valence-electron chi connectivity index (χ4n) is 1.74. The summed E-state index contributed by atoms with van der Waals surface area (Å²) in [6.45, 7) is 6.28. The molecule has 0 radical (unpaired) electrons. The van der Waals surface area contributed by atoms with Crippen molar-refractivity contribution in [2.24, 2.45) is 0 Å². The molecule has 1 aromatic rings. The highest BCUT2D eigenvalue weighted by Gasteiger charge is 2.19. The first-order chi connectivity index (χ1) is 10.1. The van der Waals surface area contributed by atoms with Gasteiger partial charge in [-0.3, -0.25) is 9.59 Å². The van der Waals surface area contributed by atoms with Crippen LogP contribution >= 0.6 is 11.8 Å². The van der Waals surface area contributed by atoms with Crippen molar-refractivity contribution in [3.8, 4) is 0 Å². The Balaban J connectivity index is 2.41. The number of hydrogen-bond donors (Lipinski definition) is 1. The van der Waals surface area contributed by atoms with Gasteiger partial charge in [0.15, 0.2) is 0 Å². The molecule has 1 atom stereocenters. The second-order valence-corrected chi connectivity index (χ2v) is 5.98. The van der Waals surface area contributed by atoms with Crippen molar-refractivity contribution < 1.29 is 14.3 Å². The Hall–Kier alpha value is -1.49. The lowest BCUT2D eigenvalue weighted by Gasteiger charge is -2.13. The molecule has 5 heteroatoms. The maximum Gasteiger partial charge on any atom is 0.319 e. The average molecular weight is 309 g/mol. The first-order valence-corrected chi connectivity index (χ1v) is 8.26. The molecule has 0 aliphatic heterocycles. The quantitative estimate of drug-likeness (QED) is 0.748. The maximum atomic E-state index is 11.9. The lowest BCUT2D eigenvalue weighted by atomic mass is 10.2. The molecule has 1 N–H and O–H groups in total. The van der Waals surface area contributed by atoms with Gasteiger partial charge in [0.2, 0.25) is 5.91 Å². The number of carbonyl (C=O) groups is 2. The van der Waals surface area contributed by atoms with Gasteiger partial charge in [0.05, 0.1) is 12.4 Å². The third-order valence-corrected chi connectivity index (χ3v) is 4.16. The fraction of sp³-hybridized carbons (Fsp3) is 0.500. The Morgan fingerprint density at radius 3 is 2.71 bits per heavy atom. The van der Waals surface area contributed by atoms with Crippen LogP contribution in [0.25, 0.3) is 0 Å². The van der Waals surface area contributed by atoms with Crippen LogP contribution in [0.3, 0.4) is 0 Å². The molecular weight excluding hydrogens is 286 g/mol. The molecule has 0 heterocycles. The van der Waals surface area contributed by atoms with Gasteiger partial charge < -0.3 is 10.1 Å². The Morgan fingerprint density at radius 2 is 2.10 bits per heavy atom. The molecule has 1 amide bonds. The summed E-state index contributed by atoms with van der Waals surface area (Å²) in [5.74, 6) is -0.0896. The minimum atomic E-state index is -0.278. The molecule has 4 nitrogen and oxygen atoms in total. The third kappa shape index (κ3) is 6.67. The average Bonchev–Trinajstić information content (AvgIpc) is 2.45. The van der Waals surface area contributed by atoms with Gasteiger partial charge in [-0.25, -0.2) is 0 Å². The number of aryl methyl sites for hydroxylation is 1. The number of amides is 1. The Morgan fingerprint density at radius 1 is 1.33 bits per heavy atom. The minimum absolute atomic E-state index is 0.104. The van der Waals surface area contributed by atoms with Crippen molar-refractivity contribution in [1.82, 2.24) is 0 Å². The number of hydrogen-bond acceptors (Lipinski definition) is 4. The maximum absolute atomic E-state index is 11.9. The van der Waals surface area contributed by atoms with Gasteiger partial charge in [-0.1, -0.05) is 26.0 Å². The largest absolute Gasteiger partial charge is 0.465 e. The van der Waals surface area contributed by atoms with Crippen LogP contribution in [0.4, 0.5) is 5.69 Å². The highest BCUT2D eigenvalue weighted by Crippen LogP contribution is 2.17. The summed E-state index contributed by atoms with van der Waals surface area (Å²) in [5, 5.41) is 2.55. The number of nitrogens with one attached hydrogen (secondary N) is 1. The first-order valence-electron chi connectivity index (χ1n) is 7.21. The fourth-order valence-corrected chi connectivity index (χ4v) is 2.61. The van der Waals surface area contributed by atoms with E-state index in [0.717, 1.165) is 17.7 Å². The van der Waals surface area contributed by atoms with Crippen LogP contribution < -0.4 is 5.32 Å². The van der Waals surface area contributed by atoms with Gasteiger partial charge in [0, 0.05) is 5.69 Å². The Kier molecular flexibility index (Phi) is 7.90. The van der Waals surface area contributed by atoms with Crippen LogP contribution in [0.5, 0.6) is 0 Å². The molecule has 1 aromatic carbocycles. The van der Waals surface area contributed by atoms with Gasteiger partial charge in [0.25, 0.3) is 0 Å². The first kappa shape index (κ1) is 17.6. The summed E-state index contributed by atoms with van der Waals surface area (Å²) in [7, 11) is 0. The van der Waals surface area contributed by atoms with Gasteiger partial charge in [-0.15, -0.1) is 11.8 Å². The van der Waals surface area contributed by atoms with E-state index in [9.17, 15) is 9.59 Å². The van der Waals surface area contributed by atoms with Crippen molar-refractivity contribution in [1.29, 1.82) is 0 Å². The minimum Gasteiger partial charge on any atom is -0.465 e. The zero-order chi connectivity index (χ0) is 15.7. The number of esters is 1. The van der Waals surface area contributed by atoms with E-state index < -0.39 is 0 Å². The van der Waals surface area contributed by atoms with E-state index in [1.165, 1.54) is 11.8 Å². The predicted octanol–water partition coefficient (Wildman–Crippen LogP) is 3.40. The van der Waals surface area contributed by atoms with Crippen LogP contribution in [-0.2, 0) is 14.3 Å². The van der Waals surface area contributed by atoms with E-state index in [2.05, 4.69) is 5.32 Å². The van der Waals surface area contributed by atoms with Crippen molar-refractivity contribution in [2.45, 2.75) is 38.9 Å². The summed E-state index contributed by atoms with van der Waals surface area (Å²) in [6, 6.07) is 7.63. The monoisotopic (exact) mass is 309 g/mol. The zero-order valence-corrected chi connectivity index (χ0v) is 13.7. The Bertz CT molecular complexity index is 476. The van der Waals surface area contributed by atoms with Gasteiger partial charge >= 0.3 is 5.97 Å². The van der Waals surface area contributed by atoms with Crippen molar-refractivity contribution >= 4 is 29.3 Å². The second-order valence-electron chi connectivity index (χ2n) is 4.79. The van der Waals surface area contributed by atoms with Crippen LogP contribution in [-0.4, -0.2) is 29.5 Å². The molecule has 0 saturated heterocycles. The molecular formula is C16H23NO3S. The zero-order valence-electron chi connectivity index (χ0n) is 12.8. The number of thioether (sulfide) groups is 1.